The summed E-state index contributed by atoms with van der Waals surface area (Å²) in [7, 11) is 0. The Labute approximate surface area is 154 Å². The number of piperidine rings is 1. The minimum absolute atomic E-state index is 0.143. The summed E-state index contributed by atoms with van der Waals surface area (Å²) in [6.07, 6.45) is 4.68. The molecule has 136 valence electrons. The fourth-order valence-electron chi connectivity index (χ4n) is 3.90. The third-order valence-corrected chi connectivity index (χ3v) is 5.38. The Balaban J connectivity index is 1.51. The lowest BCUT2D eigenvalue weighted by molar-refractivity contribution is 0.356. The van der Waals surface area contributed by atoms with Crippen LogP contribution in [0.1, 0.15) is 24.0 Å². The molecule has 1 saturated heterocycles. The number of hydrogen-bond acceptors (Lipinski definition) is 2. The molecule has 3 nitrogen and oxygen atoms in total. The summed E-state index contributed by atoms with van der Waals surface area (Å²) in [5.74, 6) is 0.624. The average Bonchev–Trinajstić information content (AvgIpc) is 3.02. The normalized spacial score (nSPS) is 15.6. The van der Waals surface area contributed by atoms with Crippen LogP contribution in [-0.2, 0) is 13.1 Å². The van der Waals surface area contributed by atoms with Gasteiger partial charge in [0.15, 0.2) is 0 Å². The predicted molar refractivity (Wildman–Crippen MR) is 105 cm³/mol. The van der Waals surface area contributed by atoms with Gasteiger partial charge in [-0.3, -0.25) is 0 Å². The van der Waals surface area contributed by atoms with Gasteiger partial charge < -0.3 is 15.2 Å². The number of hydrogen-bond donors (Lipinski definition) is 2. The molecular formula is C22H26FN3. The number of nitrogens with one attached hydrogen (secondary N) is 2. The van der Waals surface area contributed by atoms with Crippen molar-refractivity contribution in [3.8, 4) is 0 Å². The minimum Gasteiger partial charge on any atom is -0.343 e. The molecule has 1 aliphatic rings. The van der Waals surface area contributed by atoms with Gasteiger partial charge in [0, 0.05) is 29.2 Å². The number of nitrogens with zero attached hydrogens (tertiary/aromatic N) is 1. The topological polar surface area (TPSA) is 29.0 Å². The van der Waals surface area contributed by atoms with Crippen LogP contribution in [0.3, 0.4) is 0 Å². The van der Waals surface area contributed by atoms with Gasteiger partial charge in [-0.05, 0) is 56.1 Å². The maximum absolute atomic E-state index is 14.1. The highest BCUT2D eigenvalue weighted by Gasteiger charge is 2.14. The second-order valence-electron chi connectivity index (χ2n) is 7.22. The smallest absolute Gasteiger partial charge is 0.128 e. The first kappa shape index (κ1) is 17.3. The number of benzene rings is 2. The third kappa shape index (κ3) is 3.81. The summed E-state index contributed by atoms with van der Waals surface area (Å²) in [5, 5.41) is 8.30. The zero-order chi connectivity index (χ0) is 17.8. The maximum atomic E-state index is 14.1. The van der Waals surface area contributed by atoms with E-state index in [0.29, 0.717) is 6.54 Å². The molecule has 0 radical (unpaired) electrons. The quantitative estimate of drug-likeness (QED) is 0.705. The van der Waals surface area contributed by atoms with Gasteiger partial charge in [-0.25, -0.2) is 4.39 Å². The molecule has 4 rings (SSSR count). The van der Waals surface area contributed by atoms with Crippen molar-refractivity contribution in [1.82, 2.24) is 15.2 Å². The SMILES string of the molecule is Fc1ccccc1Cn1cc(CNCC2CCNCC2)c2ccccc21. The Kier molecular flexibility index (Phi) is 5.32. The van der Waals surface area contributed by atoms with Gasteiger partial charge >= 0.3 is 0 Å². The molecule has 4 heteroatoms. The lowest BCUT2D eigenvalue weighted by Gasteiger charge is -2.22. The van der Waals surface area contributed by atoms with Gasteiger partial charge in [-0.15, -0.1) is 0 Å². The van der Waals surface area contributed by atoms with Crippen molar-refractivity contribution in [2.24, 2.45) is 5.92 Å². The number of halogens is 1. The first-order chi connectivity index (χ1) is 12.8. The Bertz CT molecular complexity index is 865. The zero-order valence-corrected chi connectivity index (χ0v) is 15.0. The molecule has 0 bridgehead atoms. The molecule has 1 aliphatic heterocycles. The predicted octanol–water partition coefficient (Wildman–Crippen LogP) is 3.92. The molecule has 0 amide bonds. The molecule has 2 N–H and O–H groups in total. The van der Waals surface area contributed by atoms with E-state index in [9.17, 15) is 4.39 Å². The second-order valence-corrected chi connectivity index (χ2v) is 7.22. The van der Waals surface area contributed by atoms with Crippen molar-refractivity contribution in [2.45, 2.75) is 25.9 Å². The van der Waals surface area contributed by atoms with Crippen molar-refractivity contribution in [2.75, 3.05) is 19.6 Å². The van der Waals surface area contributed by atoms with Gasteiger partial charge in [0.25, 0.3) is 0 Å². The lowest BCUT2D eigenvalue weighted by Crippen LogP contribution is -2.33. The van der Waals surface area contributed by atoms with Gasteiger partial charge in [0.1, 0.15) is 5.82 Å². The number of para-hydroxylation sites is 1. The van der Waals surface area contributed by atoms with E-state index in [2.05, 4.69) is 39.6 Å². The molecule has 0 atom stereocenters. The van der Waals surface area contributed by atoms with E-state index in [4.69, 9.17) is 0 Å². The first-order valence-corrected chi connectivity index (χ1v) is 9.53. The number of fused-ring (bicyclic) bond motifs is 1. The summed E-state index contributed by atoms with van der Waals surface area (Å²) < 4.78 is 16.2. The molecular weight excluding hydrogens is 325 g/mol. The maximum Gasteiger partial charge on any atom is 0.128 e. The monoisotopic (exact) mass is 351 g/mol. The van der Waals surface area contributed by atoms with Crippen molar-refractivity contribution >= 4 is 10.9 Å². The van der Waals surface area contributed by atoms with E-state index in [1.54, 1.807) is 6.07 Å². The molecule has 2 aromatic carbocycles. The van der Waals surface area contributed by atoms with Crippen LogP contribution >= 0.6 is 0 Å². The Morgan fingerprint density at radius 1 is 1.00 bits per heavy atom. The van der Waals surface area contributed by atoms with Crippen molar-refractivity contribution in [3.63, 3.8) is 0 Å². The van der Waals surface area contributed by atoms with E-state index in [0.717, 1.165) is 43.2 Å². The number of aromatic nitrogens is 1. The fraction of sp³-hybridized carbons (Fsp3) is 0.364. The Morgan fingerprint density at radius 2 is 1.77 bits per heavy atom. The molecule has 0 spiro atoms. The summed E-state index contributed by atoms with van der Waals surface area (Å²) >= 11 is 0. The van der Waals surface area contributed by atoms with Gasteiger partial charge in [-0.1, -0.05) is 36.4 Å². The summed E-state index contributed by atoms with van der Waals surface area (Å²) in [6.45, 7) is 4.74. The van der Waals surface area contributed by atoms with Crippen molar-refractivity contribution < 1.29 is 4.39 Å². The van der Waals surface area contributed by atoms with Crippen LogP contribution in [0.15, 0.2) is 54.7 Å². The highest BCUT2D eigenvalue weighted by atomic mass is 19.1. The highest BCUT2D eigenvalue weighted by molar-refractivity contribution is 5.84. The summed E-state index contributed by atoms with van der Waals surface area (Å²) in [5.41, 5.74) is 3.17. The van der Waals surface area contributed by atoms with Crippen LogP contribution in [0, 0.1) is 11.7 Å². The summed E-state index contributed by atoms with van der Waals surface area (Å²) in [4.78, 5) is 0. The fourth-order valence-corrected chi connectivity index (χ4v) is 3.90. The molecule has 0 saturated carbocycles. The summed E-state index contributed by atoms with van der Waals surface area (Å²) in [6, 6.07) is 15.4. The average molecular weight is 351 g/mol. The van der Waals surface area contributed by atoms with Crippen LogP contribution < -0.4 is 10.6 Å². The van der Waals surface area contributed by atoms with Crippen LogP contribution in [0.2, 0.25) is 0 Å². The van der Waals surface area contributed by atoms with Crippen molar-refractivity contribution in [3.05, 3.63) is 71.7 Å². The van der Waals surface area contributed by atoms with Crippen LogP contribution in [0.5, 0.6) is 0 Å². The van der Waals surface area contributed by atoms with Crippen LogP contribution in [0.25, 0.3) is 10.9 Å². The molecule has 1 aromatic heterocycles. The van der Waals surface area contributed by atoms with E-state index in [-0.39, 0.29) is 5.82 Å². The Morgan fingerprint density at radius 3 is 2.62 bits per heavy atom. The largest absolute Gasteiger partial charge is 0.343 e. The van der Waals surface area contributed by atoms with Crippen molar-refractivity contribution in [1.29, 1.82) is 0 Å². The van der Waals surface area contributed by atoms with Gasteiger partial charge in [0.05, 0.1) is 6.54 Å². The van der Waals surface area contributed by atoms with Gasteiger partial charge in [0.2, 0.25) is 0 Å². The standard InChI is InChI=1S/C22H26FN3/c23-21-7-3-1-5-18(21)15-26-16-19(20-6-2-4-8-22(20)26)14-25-13-17-9-11-24-12-10-17/h1-8,16-17,24-25H,9-15H2. The van der Waals surface area contributed by atoms with E-state index >= 15 is 0 Å². The van der Waals surface area contributed by atoms with Crippen LogP contribution in [0.4, 0.5) is 4.39 Å². The minimum atomic E-state index is -0.143. The molecule has 0 unspecified atom stereocenters. The zero-order valence-electron chi connectivity index (χ0n) is 15.0. The van der Waals surface area contributed by atoms with Crippen LogP contribution in [-0.4, -0.2) is 24.2 Å². The molecule has 1 fully saturated rings. The molecule has 3 aromatic rings. The second kappa shape index (κ2) is 8.02. The highest BCUT2D eigenvalue weighted by Crippen LogP contribution is 2.23. The Hall–Kier alpha value is -2.17. The first-order valence-electron chi connectivity index (χ1n) is 9.53. The van der Waals surface area contributed by atoms with E-state index in [1.165, 1.54) is 29.9 Å². The molecule has 0 aliphatic carbocycles. The van der Waals surface area contributed by atoms with Gasteiger partial charge in [-0.2, -0.15) is 0 Å². The molecule has 2 heterocycles. The lowest BCUT2D eigenvalue weighted by atomic mass is 9.98. The molecule has 26 heavy (non-hydrogen) atoms. The van der Waals surface area contributed by atoms with E-state index < -0.39 is 0 Å². The van der Waals surface area contributed by atoms with E-state index in [1.807, 2.05) is 18.2 Å². The number of rotatable bonds is 6. The third-order valence-electron chi connectivity index (χ3n) is 5.38.